The summed E-state index contributed by atoms with van der Waals surface area (Å²) < 4.78 is 32.7. The molecule has 8 nitrogen and oxygen atoms in total. The fraction of sp³-hybridized carbons (Fsp3) is 0.500. The summed E-state index contributed by atoms with van der Waals surface area (Å²) in [5.41, 5.74) is 0.754. The molecule has 9 heteroatoms. The Labute approximate surface area is 136 Å². The van der Waals surface area contributed by atoms with Crippen molar-refractivity contribution in [3.8, 4) is 0 Å². The van der Waals surface area contributed by atoms with E-state index in [1.54, 1.807) is 4.90 Å². The van der Waals surface area contributed by atoms with Crippen LogP contribution in [0.4, 0.5) is 0 Å². The van der Waals surface area contributed by atoms with E-state index in [4.69, 9.17) is 23.7 Å². The molecule has 1 aromatic carbocycles. The van der Waals surface area contributed by atoms with E-state index < -0.39 is 10.2 Å². The largest absolute Gasteiger partial charge is 0.395 e. The van der Waals surface area contributed by atoms with Crippen LogP contribution >= 0.6 is 0 Å². The number of halogens is 1. The minimum Gasteiger partial charge on any atom is -0.395 e. The molecule has 2 rings (SSSR count). The number of rotatable bonds is 4. The summed E-state index contributed by atoms with van der Waals surface area (Å²) in [6.45, 7) is 4.30. The SMILES string of the molecule is CC1(C)N[C@@H](Cc2ccccc2)C(=O)N1CCO.[O-][Cl+3]([O-])([O-])O. The lowest BCUT2D eigenvalue weighted by atomic mass is 10.1. The fourth-order valence-corrected chi connectivity index (χ4v) is 2.51. The minimum atomic E-state index is -4.69. The minimum absolute atomic E-state index is 0.00505. The number of aliphatic hydroxyl groups is 1. The second kappa shape index (κ2) is 8.02. The van der Waals surface area contributed by atoms with Gasteiger partial charge >= 0.3 is 0 Å². The highest BCUT2D eigenvalue weighted by atomic mass is 35.7. The average molecular weight is 349 g/mol. The van der Waals surface area contributed by atoms with Gasteiger partial charge in [-0.05, 0) is 25.8 Å². The molecule has 1 aliphatic heterocycles. The van der Waals surface area contributed by atoms with E-state index in [2.05, 4.69) is 5.32 Å². The van der Waals surface area contributed by atoms with Crippen LogP contribution in [0.2, 0.25) is 0 Å². The summed E-state index contributed by atoms with van der Waals surface area (Å²) in [5.74, 6) is 0.0675. The van der Waals surface area contributed by atoms with Gasteiger partial charge < -0.3 is 10.0 Å². The Morgan fingerprint density at radius 2 is 1.78 bits per heavy atom. The highest BCUT2D eigenvalue weighted by Crippen LogP contribution is 2.22. The molecule has 1 atom stereocenters. The Morgan fingerprint density at radius 3 is 2.26 bits per heavy atom. The summed E-state index contributed by atoms with van der Waals surface area (Å²) in [5, 5.41) is 12.4. The van der Waals surface area contributed by atoms with E-state index in [1.807, 2.05) is 44.2 Å². The van der Waals surface area contributed by atoms with Gasteiger partial charge in [-0.1, -0.05) is 30.3 Å². The van der Waals surface area contributed by atoms with Crippen molar-refractivity contribution < 1.29 is 38.8 Å². The first-order valence-corrected chi connectivity index (χ1v) is 8.18. The van der Waals surface area contributed by atoms with Crippen LogP contribution in [0.5, 0.6) is 0 Å². The first kappa shape index (κ1) is 19.8. The number of aliphatic hydroxyl groups excluding tert-OH is 1. The van der Waals surface area contributed by atoms with Crippen molar-refractivity contribution in [2.24, 2.45) is 0 Å². The molecule has 1 saturated heterocycles. The molecule has 0 bridgehead atoms. The maximum absolute atomic E-state index is 12.3. The second-order valence-corrected chi connectivity index (χ2v) is 6.35. The van der Waals surface area contributed by atoms with Crippen LogP contribution in [0.15, 0.2) is 30.3 Å². The summed E-state index contributed by atoms with van der Waals surface area (Å²) in [7, 11) is -4.69. The Morgan fingerprint density at radius 1 is 1.26 bits per heavy atom. The van der Waals surface area contributed by atoms with Gasteiger partial charge in [-0.3, -0.25) is 10.1 Å². The van der Waals surface area contributed by atoms with E-state index in [0.29, 0.717) is 13.0 Å². The monoisotopic (exact) mass is 348 g/mol. The van der Waals surface area contributed by atoms with Gasteiger partial charge in [0.05, 0.1) is 33.2 Å². The maximum atomic E-state index is 12.3. The third-order valence-corrected chi connectivity index (χ3v) is 3.37. The summed E-state index contributed by atoms with van der Waals surface area (Å²) >= 11 is 0. The van der Waals surface area contributed by atoms with Crippen molar-refractivity contribution in [2.75, 3.05) is 13.2 Å². The number of benzene rings is 1. The molecular weight excluding hydrogens is 328 g/mol. The molecule has 1 amide bonds. The van der Waals surface area contributed by atoms with E-state index in [-0.39, 0.29) is 24.2 Å². The molecule has 23 heavy (non-hydrogen) atoms. The number of carbonyl (C=O) groups is 1. The van der Waals surface area contributed by atoms with Gasteiger partial charge in [-0.15, -0.1) is 0 Å². The molecule has 3 N–H and O–H groups in total. The van der Waals surface area contributed by atoms with Gasteiger partial charge in [0.2, 0.25) is 5.91 Å². The first-order chi connectivity index (χ1) is 10.5. The van der Waals surface area contributed by atoms with Gasteiger partial charge in [0, 0.05) is 6.54 Å². The zero-order valence-electron chi connectivity index (χ0n) is 12.9. The smallest absolute Gasteiger partial charge is 0.241 e. The predicted molar refractivity (Wildman–Crippen MR) is 72.2 cm³/mol. The standard InChI is InChI=1S/C14H20N2O2.ClHO4/c1-14(2)15-12(13(18)16(14)8-9-17)10-11-6-4-3-5-7-11;2-1(3,4)5/h3-7,12,15,17H,8-10H2,1-2H3;(H,2,3,4,5)/t12-;/m0./s1. The molecule has 0 aromatic heterocycles. The highest BCUT2D eigenvalue weighted by Gasteiger charge is 2.43. The number of hydrogen-bond acceptors (Lipinski definition) is 7. The molecule has 0 aliphatic carbocycles. The molecular formula is C14H21ClN2O6. The van der Waals surface area contributed by atoms with Gasteiger partial charge in [-0.2, -0.15) is 14.0 Å². The van der Waals surface area contributed by atoms with Gasteiger partial charge in [0.1, 0.15) is 0 Å². The lowest BCUT2D eigenvalue weighted by Crippen LogP contribution is -2.58. The Bertz CT molecular complexity index is 500. The Kier molecular flexibility index (Phi) is 6.90. The summed E-state index contributed by atoms with van der Waals surface area (Å²) in [6, 6.07) is 9.77. The van der Waals surface area contributed by atoms with Crippen molar-refractivity contribution in [1.82, 2.24) is 10.2 Å². The molecule has 1 aliphatic rings. The van der Waals surface area contributed by atoms with Crippen LogP contribution in [0, 0.1) is 10.2 Å². The van der Waals surface area contributed by atoms with Crippen molar-refractivity contribution in [3.05, 3.63) is 35.9 Å². The van der Waals surface area contributed by atoms with Crippen molar-refractivity contribution in [2.45, 2.75) is 32.0 Å². The maximum Gasteiger partial charge on any atom is 0.241 e. The van der Waals surface area contributed by atoms with E-state index in [1.165, 1.54) is 0 Å². The Hall–Kier alpha value is -1.26. The highest BCUT2D eigenvalue weighted by molar-refractivity contribution is 5.85. The number of nitrogens with zero attached hydrogens (tertiary/aromatic N) is 1. The molecule has 1 aromatic rings. The molecule has 1 heterocycles. The number of amides is 1. The third kappa shape index (κ3) is 6.80. The van der Waals surface area contributed by atoms with Crippen LogP contribution in [-0.4, -0.2) is 45.4 Å². The van der Waals surface area contributed by atoms with Crippen molar-refractivity contribution in [1.29, 1.82) is 0 Å². The second-order valence-electron chi connectivity index (χ2n) is 5.56. The van der Waals surface area contributed by atoms with E-state index in [9.17, 15) is 4.79 Å². The van der Waals surface area contributed by atoms with Crippen LogP contribution < -0.4 is 19.3 Å². The van der Waals surface area contributed by atoms with Gasteiger partial charge in [-0.25, -0.2) is 0 Å². The van der Waals surface area contributed by atoms with Crippen LogP contribution in [0.3, 0.4) is 0 Å². The van der Waals surface area contributed by atoms with Gasteiger partial charge in [0.25, 0.3) is 0 Å². The van der Waals surface area contributed by atoms with Gasteiger partial charge in [0.15, 0.2) is 0 Å². The van der Waals surface area contributed by atoms with E-state index >= 15 is 0 Å². The lowest BCUT2D eigenvalue weighted by Gasteiger charge is -2.30. The molecule has 0 unspecified atom stereocenters. The summed E-state index contributed by atoms with van der Waals surface area (Å²) in [4.78, 5) is 14.0. The predicted octanol–water partition coefficient (Wildman–Crippen LogP) is -3.37. The molecule has 0 radical (unpaired) electrons. The first-order valence-electron chi connectivity index (χ1n) is 6.92. The molecule has 0 spiro atoms. The fourth-order valence-electron chi connectivity index (χ4n) is 2.51. The summed E-state index contributed by atoms with van der Waals surface area (Å²) in [6.07, 6.45) is 0.686. The topological polar surface area (TPSA) is 142 Å². The third-order valence-electron chi connectivity index (χ3n) is 3.37. The average Bonchev–Trinajstić information content (AvgIpc) is 2.62. The molecule has 0 saturated carbocycles. The normalized spacial score (nSPS) is 20.2. The number of hydrogen-bond donors (Lipinski definition) is 3. The van der Waals surface area contributed by atoms with Crippen LogP contribution in [-0.2, 0) is 11.2 Å². The molecule has 1 fully saturated rings. The van der Waals surface area contributed by atoms with Crippen LogP contribution in [0.25, 0.3) is 0 Å². The quantitative estimate of drug-likeness (QED) is 0.515. The zero-order chi connectivity index (χ0) is 17.7. The zero-order valence-corrected chi connectivity index (χ0v) is 13.7. The Balaban J connectivity index is 0.000000463. The number of β-amino-alcohol motifs (C(OH)–C–C–N with tert-alkyl or cyclic N) is 1. The van der Waals surface area contributed by atoms with E-state index in [0.717, 1.165) is 5.56 Å². The van der Waals surface area contributed by atoms with Crippen LogP contribution in [0.1, 0.15) is 19.4 Å². The van der Waals surface area contributed by atoms with Crippen molar-refractivity contribution in [3.63, 3.8) is 0 Å². The van der Waals surface area contributed by atoms with Crippen molar-refractivity contribution >= 4 is 5.91 Å². The number of nitrogens with one attached hydrogen (secondary N) is 1. The lowest BCUT2D eigenvalue weighted by molar-refractivity contribution is -1.92. The molecule has 130 valence electrons. The number of carbonyl (C=O) groups excluding carboxylic acids is 1.